The summed E-state index contributed by atoms with van der Waals surface area (Å²) in [5.41, 5.74) is 0.414. The molecule has 1 amide bonds. The van der Waals surface area contributed by atoms with Crippen LogP contribution in [0.25, 0.3) is 22.2 Å². The van der Waals surface area contributed by atoms with E-state index in [1.807, 2.05) is 4.90 Å². The fourth-order valence-electron chi connectivity index (χ4n) is 5.90. The maximum absolute atomic E-state index is 13.9. The third-order valence-corrected chi connectivity index (χ3v) is 7.93. The topological polar surface area (TPSA) is 85.9 Å². The van der Waals surface area contributed by atoms with Gasteiger partial charge in [0.1, 0.15) is 5.56 Å². The zero-order chi connectivity index (χ0) is 24.9. The number of aromatic nitrogens is 3. The molecule has 1 saturated carbocycles. The van der Waals surface area contributed by atoms with Gasteiger partial charge in [0.2, 0.25) is 5.95 Å². The standard InChI is InChI=1S/C26H29F3N6O/c27-26(28,29)21-14-32-25-33-18-3-2-17(12-18)30-8-5-15-6-9-35(10-7-15)24(36)16-1-4-19-20(23(21)34-25)13-31-22(19)11-16/h1,4,11,13-15,17-18,30-31H,2-3,5-10,12H2,(H,32,33,34)/t17-,18-/m0/s1. The van der Waals surface area contributed by atoms with Gasteiger partial charge in [-0.1, -0.05) is 6.07 Å². The number of amides is 1. The Bertz CT molecular complexity index is 1280. The van der Waals surface area contributed by atoms with Crippen LogP contribution in [0.15, 0.2) is 30.6 Å². The van der Waals surface area contributed by atoms with Gasteiger partial charge >= 0.3 is 6.18 Å². The predicted octanol–water partition coefficient (Wildman–Crippen LogP) is 4.82. The third kappa shape index (κ3) is 4.42. The lowest BCUT2D eigenvalue weighted by Crippen LogP contribution is -2.39. The summed E-state index contributed by atoms with van der Waals surface area (Å²) in [6.45, 7) is 2.39. The van der Waals surface area contributed by atoms with Gasteiger partial charge in [-0.3, -0.25) is 4.79 Å². The van der Waals surface area contributed by atoms with Crippen molar-refractivity contribution in [2.24, 2.45) is 5.92 Å². The number of carbonyl (C=O) groups excluding carboxylic acids is 1. The van der Waals surface area contributed by atoms with Gasteiger partial charge in [0, 0.05) is 59.6 Å². The van der Waals surface area contributed by atoms with Gasteiger partial charge in [0.15, 0.2) is 0 Å². The van der Waals surface area contributed by atoms with E-state index < -0.39 is 11.7 Å². The highest BCUT2D eigenvalue weighted by molar-refractivity contribution is 6.02. The van der Waals surface area contributed by atoms with Crippen LogP contribution in [0.4, 0.5) is 19.1 Å². The van der Waals surface area contributed by atoms with Gasteiger partial charge in [-0.15, -0.1) is 0 Å². The zero-order valence-corrected chi connectivity index (χ0v) is 19.9. The van der Waals surface area contributed by atoms with Crippen molar-refractivity contribution in [3.8, 4) is 11.3 Å². The lowest BCUT2D eigenvalue weighted by atomic mass is 9.93. The largest absolute Gasteiger partial charge is 0.419 e. The molecule has 2 aromatic heterocycles. The van der Waals surface area contributed by atoms with Crippen LogP contribution in [0, 0.1) is 5.92 Å². The van der Waals surface area contributed by atoms with Crippen LogP contribution in [0.5, 0.6) is 0 Å². The SMILES string of the molecule is O=C1c2ccc3c(c[nH]c3c2)-c2nc(ncc2C(F)(F)F)N[C@H]2CC[C@@H](C2)NCCC2CCN1CC2. The maximum atomic E-state index is 13.9. The Balaban J connectivity index is 1.42. The molecule has 1 aliphatic carbocycles. The average Bonchev–Trinajstić information content (AvgIpc) is 3.49. The minimum atomic E-state index is -4.60. The third-order valence-electron chi connectivity index (χ3n) is 7.93. The summed E-state index contributed by atoms with van der Waals surface area (Å²) in [4.78, 5) is 26.5. The van der Waals surface area contributed by atoms with Crippen molar-refractivity contribution in [3.63, 3.8) is 0 Å². The molecule has 1 saturated heterocycles. The number of aromatic amines is 1. The van der Waals surface area contributed by atoms with Crippen LogP contribution in [0.2, 0.25) is 0 Å². The summed E-state index contributed by atoms with van der Waals surface area (Å²) in [6.07, 6.45) is 3.65. The fraction of sp³-hybridized carbons (Fsp3) is 0.500. The second-order valence-corrected chi connectivity index (χ2v) is 10.2. The highest BCUT2D eigenvalue weighted by Gasteiger charge is 2.36. The molecule has 0 unspecified atom stereocenters. The number of halogens is 3. The van der Waals surface area contributed by atoms with Gasteiger partial charge in [-0.2, -0.15) is 13.2 Å². The number of benzene rings is 1. The van der Waals surface area contributed by atoms with Gasteiger partial charge in [0.05, 0.1) is 5.69 Å². The Morgan fingerprint density at radius 3 is 2.64 bits per heavy atom. The molecule has 0 radical (unpaired) electrons. The Hall–Kier alpha value is -3.14. The first-order valence-corrected chi connectivity index (χ1v) is 12.7. The highest BCUT2D eigenvalue weighted by Crippen LogP contribution is 2.39. The normalized spacial score (nSPS) is 25.0. The van der Waals surface area contributed by atoms with Gasteiger partial charge < -0.3 is 20.5 Å². The molecule has 7 nitrogen and oxygen atoms in total. The number of rotatable bonds is 0. The van der Waals surface area contributed by atoms with E-state index in [2.05, 4.69) is 25.6 Å². The number of nitrogens with zero attached hydrogens (tertiary/aromatic N) is 3. The summed E-state index contributed by atoms with van der Waals surface area (Å²) >= 11 is 0. The summed E-state index contributed by atoms with van der Waals surface area (Å²) in [5, 5.41) is 7.51. The van der Waals surface area contributed by atoms with E-state index in [0.717, 1.165) is 64.4 Å². The first-order valence-electron chi connectivity index (χ1n) is 12.7. The number of fused-ring (bicyclic) bond motifs is 1. The Morgan fingerprint density at radius 2 is 1.83 bits per heavy atom. The van der Waals surface area contributed by atoms with Crippen LogP contribution in [0.3, 0.4) is 0 Å². The van der Waals surface area contributed by atoms with E-state index >= 15 is 0 Å². The van der Waals surface area contributed by atoms with Gasteiger partial charge in [0.25, 0.3) is 5.91 Å². The molecule has 10 heteroatoms. The monoisotopic (exact) mass is 498 g/mol. The molecule has 1 aromatic carbocycles. The first-order chi connectivity index (χ1) is 17.3. The molecule has 36 heavy (non-hydrogen) atoms. The maximum Gasteiger partial charge on any atom is 0.419 e. The number of H-pyrrole nitrogens is 1. The number of hydrogen-bond acceptors (Lipinski definition) is 5. The van der Waals surface area contributed by atoms with Crippen LogP contribution < -0.4 is 10.6 Å². The van der Waals surface area contributed by atoms with E-state index in [0.29, 0.717) is 34.0 Å². The second-order valence-electron chi connectivity index (χ2n) is 10.2. The second kappa shape index (κ2) is 9.06. The molecule has 2 fully saturated rings. The Morgan fingerprint density at radius 1 is 1.03 bits per heavy atom. The molecule has 8 rings (SSSR count). The van der Waals surface area contributed by atoms with Crippen molar-refractivity contribution in [2.45, 2.75) is 56.8 Å². The minimum absolute atomic E-state index is 0.0412. The first kappa shape index (κ1) is 23.3. The molecule has 5 aliphatic rings. The molecule has 3 aromatic rings. The van der Waals surface area contributed by atoms with Crippen molar-refractivity contribution in [1.29, 1.82) is 0 Å². The van der Waals surface area contributed by atoms with Crippen LogP contribution in [-0.2, 0) is 6.18 Å². The van der Waals surface area contributed by atoms with Crippen molar-refractivity contribution in [1.82, 2.24) is 25.2 Å². The fourth-order valence-corrected chi connectivity index (χ4v) is 5.90. The smallest absolute Gasteiger partial charge is 0.360 e. The molecular weight excluding hydrogens is 469 g/mol. The number of anilines is 1. The van der Waals surface area contributed by atoms with Crippen molar-refractivity contribution in [2.75, 3.05) is 25.0 Å². The van der Waals surface area contributed by atoms with E-state index in [1.165, 1.54) is 6.20 Å². The quantitative estimate of drug-likeness (QED) is 0.414. The molecule has 190 valence electrons. The van der Waals surface area contributed by atoms with Crippen molar-refractivity contribution < 1.29 is 18.0 Å². The summed E-state index contributed by atoms with van der Waals surface area (Å²) in [5.74, 6) is 0.764. The highest BCUT2D eigenvalue weighted by atomic mass is 19.4. The van der Waals surface area contributed by atoms with Crippen LogP contribution in [-0.4, -0.2) is 57.5 Å². The zero-order valence-electron chi connectivity index (χ0n) is 19.9. The number of carbonyl (C=O) groups is 1. The molecule has 4 aliphatic heterocycles. The van der Waals surface area contributed by atoms with Crippen LogP contribution in [0.1, 0.15) is 54.4 Å². The lowest BCUT2D eigenvalue weighted by Gasteiger charge is -2.32. The molecule has 10 bridgehead atoms. The number of piperidine rings is 1. The van der Waals surface area contributed by atoms with Gasteiger partial charge in [-0.05, 0) is 63.1 Å². The van der Waals surface area contributed by atoms with E-state index in [9.17, 15) is 18.0 Å². The van der Waals surface area contributed by atoms with E-state index in [-0.39, 0.29) is 23.6 Å². The van der Waals surface area contributed by atoms with Crippen LogP contribution >= 0.6 is 0 Å². The van der Waals surface area contributed by atoms with E-state index in [1.54, 1.807) is 18.2 Å². The van der Waals surface area contributed by atoms with E-state index in [4.69, 9.17) is 0 Å². The Kier molecular flexibility index (Phi) is 5.86. The number of alkyl halides is 3. The van der Waals surface area contributed by atoms with Crippen molar-refractivity contribution >= 4 is 22.8 Å². The summed E-state index contributed by atoms with van der Waals surface area (Å²) in [6, 6.07) is 5.61. The predicted molar refractivity (Wildman–Crippen MR) is 131 cm³/mol. The molecule has 6 heterocycles. The van der Waals surface area contributed by atoms with Gasteiger partial charge in [-0.25, -0.2) is 9.97 Å². The number of nitrogens with one attached hydrogen (secondary N) is 3. The lowest BCUT2D eigenvalue weighted by molar-refractivity contribution is -0.137. The molecule has 0 spiro atoms. The minimum Gasteiger partial charge on any atom is -0.360 e. The number of hydrogen-bond donors (Lipinski definition) is 3. The van der Waals surface area contributed by atoms with Crippen molar-refractivity contribution in [3.05, 3.63) is 41.7 Å². The summed E-state index contributed by atoms with van der Waals surface area (Å²) in [7, 11) is 0. The molecule has 3 N–H and O–H groups in total. The molecular formula is C26H29F3N6O. The average molecular weight is 499 g/mol. The molecule has 2 atom stereocenters. The Labute approximate surface area is 206 Å². The summed E-state index contributed by atoms with van der Waals surface area (Å²) < 4.78 is 41.8.